The molecule has 0 aliphatic heterocycles. The number of benzene rings is 1. The van der Waals surface area contributed by atoms with Crippen LogP contribution in [0.3, 0.4) is 0 Å². The molecule has 0 heterocycles. The number of carbonyl (C=O) groups is 2. The third kappa shape index (κ3) is 2.77. The van der Waals surface area contributed by atoms with Crippen molar-refractivity contribution in [3.8, 4) is 0 Å². The van der Waals surface area contributed by atoms with Gasteiger partial charge in [-0.2, -0.15) is 0 Å². The maximum atomic E-state index is 11.1. The topological polar surface area (TPSA) is 74.6 Å². The van der Waals surface area contributed by atoms with E-state index in [-0.39, 0.29) is 5.57 Å². The Morgan fingerprint density at radius 2 is 1.67 bits per heavy atom. The van der Waals surface area contributed by atoms with Crippen molar-refractivity contribution < 1.29 is 19.8 Å². The fourth-order valence-electron chi connectivity index (χ4n) is 1.58. The quantitative estimate of drug-likeness (QED) is 0.598. The molecule has 0 radical (unpaired) electrons. The SMILES string of the molecule is C=C(CCc1ccccc1)C(C)(C(=O)O)C(=O)O. The molecule has 0 aromatic heterocycles. The van der Waals surface area contributed by atoms with Crippen LogP contribution in [0.4, 0.5) is 0 Å². The van der Waals surface area contributed by atoms with Crippen molar-refractivity contribution in [1.29, 1.82) is 0 Å². The van der Waals surface area contributed by atoms with Crippen molar-refractivity contribution in [3.63, 3.8) is 0 Å². The molecule has 2 N–H and O–H groups in total. The van der Waals surface area contributed by atoms with Crippen LogP contribution >= 0.6 is 0 Å². The molecule has 0 atom stereocenters. The van der Waals surface area contributed by atoms with Crippen LogP contribution in [0.15, 0.2) is 42.5 Å². The predicted molar refractivity (Wildman–Crippen MR) is 67.3 cm³/mol. The summed E-state index contributed by atoms with van der Waals surface area (Å²) in [5.74, 6) is -2.76. The summed E-state index contributed by atoms with van der Waals surface area (Å²) in [6.45, 7) is 4.79. The van der Waals surface area contributed by atoms with Crippen molar-refractivity contribution in [3.05, 3.63) is 48.0 Å². The van der Waals surface area contributed by atoms with Crippen LogP contribution in [0.5, 0.6) is 0 Å². The molecule has 0 spiro atoms. The molecule has 0 fully saturated rings. The van der Waals surface area contributed by atoms with Crippen LogP contribution in [0.25, 0.3) is 0 Å². The molecule has 18 heavy (non-hydrogen) atoms. The van der Waals surface area contributed by atoms with E-state index in [0.717, 1.165) is 5.56 Å². The normalized spacial score (nSPS) is 10.9. The monoisotopic (exact) mass is 248 g/mol. The molecule has 1 rings (SSSR count). The fraction of sp³-hybridized carbons (Fsp3) is 0.286. The van der Waals surface area contributed by atoms with E-state index in [2.05, 4.69) is 6.58 Å². The van der Waals surface area contributed by atoms with Gasteiger partial charge in [0.1, 0.15) is 0 Å². The summed E-state index contributed by atoms with van der Waals surface area (Å²) in [5.41, 5.74) is -0.697. The van der Waals surface area contributed by atoms with Gasteiger partial charge >= 0.3 is 11.9 Å². The largest absolute Gasteiger partial charge is 0.480 e. The molecule has 1 aromatic rings. The number of aliphatic carboxylic acids is 2. The zero-order valence-corrected chi connectivity index (χ0v) is 10.2. The van der Waals surface area contributed by atoms with Crippen LogP contribution < -0.4 is 0 Å². The molecule has 4 nitrogen and oxygen atoms in total. The van der Waals surface area contributed by atoms with Gasteiger partial charge in [-0.15, -0.1) is 0 Å². The Morgan fingerprint density at radius 1 is 1.17 bits per heavy atom. The Kier molecular flexibility index (Phi) is 4.26. The third-order valence-electron chi connectivity index (χ3n) is 3.12. The van der Waals surface area contributed by atoms with Crippen molar-refractivity contribution in [2.75, 3.05) is 0 Å². The van der Waals surface area contributed by atoms with E-state index >= 15 is 0 Å². The lowest BCUT2D eigenvalue weighted by Gasteiger charge is -2.22. The molecule has 96 valence electrons. The molecule has 0 aliphatic rings. The average Bonchev–Trinajstić information content (AvgIpc) is 2.35. The van der Waals surface area contributed by atoms with Gasteiger partial charge in [0.25, 0.3) is 0 Å². The Bertz CT molecular complexity index is 448. The number of carboxylic acid groups (broad SMARTS) is 2. The van der Waals surface area contributed by atoms with Gasteiger partial charge in [-0.25, -0.2) is 0 Å². The molecule has 0 bridgehead atoms. The summed E-state index contributed by atoms with van der Waals surface area (Å²) in [4.78, 5) is 22.1. The molecule has 0 aliphatic carbocycles. The van der Waals surface area contributed by atoms with Crippen LogP contribution in [0.2, 0.25) is 0 Å². The van der Waals surface area contributed by atoms with Gasteiger partial charge in [-0.1, -0.05) is 36.9 Å². The maximum Gasteiger partial charge on any atom is 0.324 e. The Balaban J connectivity index is 2.76. The van der Waals surface area contributed by atoms with Gasteiger partial charge in [0, 0.05) is 0 Å². The Hall–Kier alpha value is -2.10. The van der Waals surface area contributed by atoms with Gasteiger partial charge in [-0.3, -0.25) is 9.59 Å². The van der Waals surface area contributed by atoms with Crippen LogP contribution in [-0.4, -0.2) is 22.2 Å². The first-order valence-corrected chi connectivity index (χ1v) is 5.58. The van der Waals surface area contributed by atoms with Gasteiger partial charge in [-0.05, 0) is 30.9 Å². The highest BCUT2D eigenvalue weighted by Gasteiger charge is 2.43. The highest BCUT2D eigenvalue weighted by atomic mass is 16.4. The lowest BCUT2D eigenvalue weighted by Crippen LogP contribution is -2.38. The minimum absolute atomic E-state index is 0.200. The van der Waals surface area contributed by atoms with E-state index in [0.29, 0.717) is 12.8 Å². The summed E-state index contributed by atoms with van der Waals surface area (Å²) in [6, 6.07) is 9.46. The van der Waals surface area contributed by atoms with Gasteiger partial charge in [0.15, 0.2) is 5.41 Å². The molecule has 0 saturated heterocycles. The summed E-state index contributed by atoms with van der Waals surface area (Å²) < 4.78 is 0. The molecule has 0 saturated carbocycles. The van der Waals surface area contributed by atoms with E-state index in [1.54, 1.807) is 0 Å². The lowest BCUT2D eigenvalue weighted by molar-refractivity contribution is -0.160. The van der Waals surface area contributed by atoms with E-state index in [9.17, 15) is 9.59 Å². The Labute approximate surface area is 106 Å². The molecule has 1 aromatic carbocycles. The first-order chi connectivity index (χ1) is 8.39. The number of aryl methyl sites for hydroxylation is 1. The van der Waals surface area contributed by atoms with Gasteiger partial charge < -0.3 is 10.2 Å². The molecule has 0 unspecified atom stereocenters. The van der Waals surface area contributed by atoms with E-state index in [1.807, 2.05) is 30.3 Å². The van der Waals surface area contributed by atoms with E-state index < -0.39 is 17.4 Å². The summed E-state index contributed by atoms with van der Waals surface area (Å²) in [6.07, 6.45) is 0.912. The summed E-state index contributed by atoms with van der Waals surface area (Å²) in [7, 11) is 0. The van der Waals surface area contributed by atoms with E-state index in [4.69, 9.17) is 10.2 Å². The van der Waals surface area contributed by atoms with Crippen LogP contribution in [-0.2, 0) is 16.0 Å². The highest BCUT2D eigenvalue weighted by molar-refractivity contribution is 6.01. The minimum Gasteiger partial charge on any atom is -0.480 e. The second-order valence-corrected chi connectivity index (χ2v) is 4.32. The first kappa shape index (κ1) is 14.0. The molecule has 4 heteroatoms. The maximum absolute atomic E-state index is 11.1. The average molecular weight is 248 g/mol. The fourth-order valence-corrected chi connectivity index (χ4v) is 1.58. The number of carboxylic acids is 2. The predicted octanol–water partition coefficient (Wildman–Crippen LogP) is 2.35. The molecule has 0 amide bonds. The zero-order chi connectivity index (χ0) is 13.8. The van der Waals surface area contributed by atoms with Gasteiger partial charge in [0.05, 0.1) is 0 Å². The first-order valence-electron chi connectivity index (χ1n) is 5.58. The zero-order valence-electron chi connectivity index (χ0n) is 10.2. The standard InChI is InChI=1S/C14H16O4/c1-10(14(2,12(15)16)13(17)18)8-9-11-6-4-3-5-7-11/h3-7H,1,8-9H2,2H3,(H,15,16)(H,17,18). The van der Waals surface area contributed by atoms with Crippen LogP contribution in [0.1, 0.15) is 18.9 Å². The number of rotatable bonds is 6. The second-order valence-electron chi connectivity index (χ2n) is 4.32. The summed E-state index contributed by atoms with van der Waals surface area (Å²) >= 11 is 0. The van der Waals surface area contributed by atoms with Crippen molar-refractivity contribution in [2.24, 2.45) is 5.41 Å². The third-order valence-corrected chi connectivity index (χ3v) is 3.12. The highest BCUT2D eigenvalue weighted by Crippen LogP contribution is 2.29. The van der Waals surface area contributed by atoms with Crippen LogP contribution in [0, 0.1) is 5.41 Å². The molecular weight excluding hydrogens is 232 g/mol. The second kappa shape index (κ2) is 5.49. The number of hydrogen-bond acceptors (Lipinski definition) is 2. The number of hydrogen-bond donors (Lipinski definition) is 2. The van der Waals surface area contributed by atoms with Crippen molar-refractivity contribution >= 4 is 11.9 Å². The molecular formula is C14H16O4. The Morgan fingerprint density at radius 3 is 2.11 bits per heavy atom. The van der Waals surface area contributed by atoms with E-state index in [1.165, 1.54) is 6.92 Å². The van der Waals surface area contributed by atoms with Gasteiger partial charge in [0.2, 0.25) is 0 Å². The summed E-state index contributed by atoms with van der Waals surface area (Å²) in [5, 5.41) is 18.1. The van der Waals surface area contributed by atoms with Crippen molar-refractivity contribution in [1.82, 2.24) is 0 Å². The van der Waals surface area contributed by atoms with Crippen molar-refractivity contribution in [2.45, 2.75) is 19.8 Å². The smallest absolute Gasteiger partial charge is 0.324 e. The lowest BCUT2D eigenvalue weighted by atomic mass is 9.80. The minimum atomic E-state index is -1.92.